The van der Waals surface area contributed by atoms with Crippen LogP contribution < -0.4 is 0 Å². The number of aromatic nitrogens is 3. The summed E-state index contributed by atoms with van der Waals surface area (Å²) in [7, 11) is 0. The monoisotopic (exact) mass is 279 g/mol. The van der Waals surface area contributed by atoms with E-state index in [2.05, 4.69) is 54.0 Å². The van der Waals surface area contributed by atoms with Crippen LogP contribution in [0, 0.1) is 5.92 Å². The van der Waals surface area contributed by atoms with Gasteiger partial charge in [-0.25, -0.2) is 0 Å². The maximum absolute atomic E-state index is 4.24. The average Bonchev–Trinajstić information content (AvgIpc) is 2.83. The van der Waals surface area contributed by atoms with Gasteiger partial charge in [-0.05, 0) is 26.2 Å². The molecule has 2 rings (SSSR count). The van der Waals surface area contributed by atoms with Crippen molar-refractivity contribution in [1.29, 1.82) is 0 Å². The van der Waals surface area contributed by atoms with Gasteiger partial charge in [0.2, 0.25) is 0 Å². The van der Waals surface area contributed by atoms with E-state index in [0.717, 1.165) is 25.2 Å². The molecule has 114 valence electrons. The molecule has 5 nitrogen and oxygen atoms in total. The van der Waals surface area contributed by atoms with Crippen LogP contribution in [0.5, 0.6) is 0 Å². The Morgan fingerprint density at radius 1 is 1.05 bits per heavy atom. The van der Waals surface area contributed by atoms with Crippen molar-refractivity contribution in [3.8, 4) is 0 Å². The minimum Gasteiger partial charge on any atom is -0.299 e. The lowest BCUT2D eigenvalue weighted by Gasteiger charge is -2.36. The number of hydrogen-bond acceptors (Lipinski definition) is 4. The standard InChI is InChI=1S/C15H29N5/c1-13(2)11-15-12-20(17-16-15)10-7-18-5-8-19(9-6-18)14(3)4/h12-14H,5-11H2,1-4H3. The third kappa shape index (κ3) is 4.56. The summed E-state index contributed by atoms with van der Waals surface area (Å²) in [5.74, 6) is 0.643. The summed E-state index contributed by atoms with van der Waals surface area (Å²) < 4.78 is 1.99. The first-order valence-electron chi connectivity index (χ1n) is 7.90. The van der Waals surface area contributed by atoms with E-state index < -0.39 is 0 Å². The summed E-state index contributed by atoms with van der Waals surface area (Å²) in [6.45, 7) is 15.7. The Bertz CT molecular complexity index is 391. The van der Waals surface area contributed by atoms with Crippen LogP contribution in [0.15, 0.2) is 6.20 Å². The molecule has 20 heavy (non-hydrogen) atoms. The molecule has 0 amide bonds. The molecule has 0 unspecified atom stereocenters. The van der Waals surface area contributed by atoms with E-state index in [9.17, 15) is 0 Å². The van der Waals surface area contributed by atoms with Crippen molar-refractivity contribution < 1.29 is 0 Å². The summed E-state index contributed by atoms with van der Waals surface area (Å²) in [5.41, 5.74) is 1.12. The average molecular weight is 279 g/mol. The van der Waals surface area contributed by atoms with Crippen LogP contribution in [0.1, 0.15) is 33.4 Å². The Hall–Kier alpha value is -0.940. The third-order valence-electron chi connectivity index (χ3n) is 3.99. The maximum atomic E-state index is 4.24. The number of piperazine rings is 1. The van der Waals surface area contributed by atoms with Gasteiger partial charge in [0, 0.05) is 45.0 Å². The Morgan fingerprint density at radius 2 is 1.75 bits per heavy atom. The predicted octanol–water partition coefficient (Wildman–Crippen LogP) is 1.50. The van der Waals surface area contributed by atoms with Crippen LogP contribution in [0.4, 0.5) is 0 Å². The van der Waals surface area contributed by atoms with Gasteiger partial charge < -0.3 is 0 Å². The molecule has 1 aromatic heterocycles. The highest BCUT2D eigenvalue weighted by atomic mass is 15.4. The Morgan fingerprint density at radius 3 is 2.35 bits per heavy atom. The molecule has 1 fully saturated rings. The first-order valence-corrected chi connectivity index (χ1v) is 7.90. The van der Waals surface area contributed by atoms with E-state index in [1.54, 1.807) is 0 Å². The first-order chi connectivity index (χ1) is 9.54. The van der Waals surface area contributed by atoms with E-state index in [-0.39, 0.29) is 0 Å². The largest absolute Gasteiger partial charge is 0.299 e. The zero-order valence-corrected chi connectivity index (χ0v) is 13.4. The van der Waals surface area contributed by atoms with Crippen LogP contribution in [0.3, 0.4) is 0 Å². The highest BCUT2D eigenvalue weighted by molar-refractivity contribution is 4.93. The molecule has 0 saturated carbocycles. The van der Waals surface area contributed by atoms with Crippen LogP contribution in [0.25, 0.3) is 0 Å². The Kier molecular flexibility index (Phi) is 5.54. The zero-order chi connectivity index (χ0) is 14.5. The second-order valence-corrected chi connectivity index (χ2v) is 6.54. The van der Waals surface area contributed by atoms with Gasteiger partial charge in [0.25, 0.3) is 0 Å². The quantitative estimate of drug-likeness (QED) is 0.791. The Balaban J connectivity index is 1.72. The topological polar surface area (TPSA) is 37.2 Å². The molecule has 2 heterocycles. The zero-order valence-electron chi connectivity index (χ0n) is 13.4. The first kappa shape index (κ1) is 15.4. The number of nitrogens with zero attached hydrogens (tertiary/aromatic N) is 5. The van der Waals surface area contributed by atoms with Crippen molar-refractivity contribution in [1.82, 2.24) is 24.8 Å². The summed E-state index contributed by atoms with van der Waals surface area (Å²) in [4.78, 5) is 5.08. The molecule has 1 saturated heterocycles. The molecule has 0 bridgehead atoms. The summed E-state index contributed by atoms with van der Waals surface area (Å²) >= 11 is 0. The number of rotatable bonds is 6. The van der Waals surface area contributed by atoms with Gasteiger partial charge >= 0.3 is 0 Å². The van der Waals surface area contributed by atoms with Crippen molar-refractivity contribution in [2.45, 2.75) is 46.7 Å². The molecule has 5 heteroatoms. The van der Waals surface area contributed by atoms with Gasteiger partial charge in [0.05, 0.1) is 12.2 Å². The molecular formula is C15H29N5. The fraction of sp³-hybridized carbons (Fsp3) is 0.867. The summed E-state index contributed by atoms with van der Waals surface area (Å²) in [6.07, 6.45) is 3.12. The van der Waals surface area contributed by atoms with Gasteiger partial charge in [-0.1, -0.05) is 19.1 Å². The molecule has 0 aliphatic carbocycles. The minimum atomic E-state index is 0.643. The molecule has 0 radical (unpaired) electrons. The highest BCUT2D eigenvalue weighted by Gasteiger charge is 2.18. The summed E-state index contributed by atoms with van der Waals surface area (Å²) in [5, 5.41) is 8.47. The van der Waals surface area contributed by atoms with E-state index in [1.165, 1.54) is 26.2 Å². The van der Waals surface area contributed by atoms with E-state index in [4.69, 9.17) is 0 Å². The van der Waals surface area contributed by atoms with E-state index in [1.807, 2.05) is 4.68 Å². The van der Waals surface area contributed by atoms with Gasteiger partial charge in [-0.15, -0.1) is 5.10 Å². The normalized spacial score (nSPS) is 18.3. The number of hydrogen-bond donors (Lipinski definition) is 0. The van der Waals surface area contributed by atoms with Crippen molar-refractivity contribution in [2.75, 3.05) is 32.7 Å². The fourth-order valence-electron chi connectivity index (χ4n) is 2.71. The minimum absolute atomic E-state index is 0.643. The lowest BCUT2D eigenvalue weighted by atomic mass is 10.1. The maximum Gasteiger partial charge on any atom is 0.0829 e. The highest BCUT2D eigenvalue weighted by Crippen LogP contribution is 2.07. The van der Waals surface area contributed by atoms with Crippen LogP contribution >= 0.6 is 0 Å². The van der Waals surface area contributed by atoms with Gasteiger partial charge in [0.15, 0.2) is 0 Å². The van der Waals surface area contributed by atoms with E-state index >= 15 is 0 Å². The predicted molar refractivity (Wildman–Crippen MR) is 81.7 cm³/mol. The van der Waals surface area contributed by atoms with Crippen LogP contribution in [0.2, 0.25) is 0 Å². The molecule has 1 aliphatic heterocycles. The van der Waals surface area contributed by atoms with E-state index in [0.29, 0.717) is 12.0 Å². The van der Waals surface area contributed by atoms with Crippen molar-refractivity contribution >= 4 is 0 Å². The van der Waals surface area contributed by atoms with Crippen molar-refractivity contribution in [3.63, 3.8) is 0 Å². The summed E-state index contributed by atoms with van der Waals surface area (Å²) in [6, 6.07) is 0.672. The molecule has 1 aromatic rings. The van der Waals surface area contributed by atoms with Crippen LogP contribution in [-0.2, 0) is 13.0 Å². The molecule has 1 aliphatic rings. The molecule has 0 atom stereocenters. The van der Waals surface area contributed by atoms with Crippen molar-refractivity contribution in [2.24, 2.45) is 5.92 Å². The fourth-order valence-corrected chi connectivity index (χ4v) is 2.71. The smallest absolute Gasteiger partial charge is 0.0829 e. The second-order valence-electron chi connectivity index (χ2n) is 6.54. The third-order valence-corrected chi connectivity index (χ3v) is 3.99. The molecular weight excluding hydrogens is 250 g/mol. The molecule has 0 N–H and O–H groups in total. The molecule has 0 aromatic carbocycles. The SMILES string of the molecule is CC(C)Cc1cn(CCN2CCN(C(C)C)CC2)nn1. The van der Waals surface area contributed by atoms with Gasteiger partial charge in [0.1, 0.15) is 0 Å². The lowest BCUT2D eigenvalue weighted by molar-refractivity contribution is 0.105. The van der Waals surface area contributed by atoms with Gasteiger partial charge in [-0.2, -0.15) is 0 Å². The molecule has 0 spiro atoms. The van der Waals surface area contributed by atoms with Crippen LogP contribution in [-0.4, -0.2) is 63.6 Å². The Labute approximate surface area is 122 Å². The van der Waals surface area contributed by atoms with Gasteiger partial charge in [-0.3, -0.25) is 14.5 Å². The van der Waals surface area contributed by atoms with Crippen molar-refractivity contribution in [3.05, 3.63) is 11.9 Å². The second kappa shape index (κ2) is 7.18. The lowest BCUT2D eigenvalue weighted by Crippen LogP contribution is -2.49.